The van der Waals surface area contributed by atoms with Gasteiger partial charge in [0.15, 0.2) is 0 Å². The Morgan fingerprint density at radius 3 is 1.44 bits per heavy atom. The van der Waals surface area contributed by atoms with Crippen LogP contribution in [0.3, 0.4) is 0 Å². The molecule has 0 bridgehead atoms. The average Bonchev–Trinajstić information content (AvgIpc) is 1.97. The smallest absolute Gasteiger partial charge is 0.352 e. The van der Waals surface area contributed by atoms with Gasteiger partial charge in [-0.1, -0.05) is 6.92 Å². The molecule has 10 N–H and O–H groups in total. The minimum atomic E-state index is -4.18. The third kappa shape index (κ3) is 129. The molecule has 0 fully saturated rings. The summed E-state index contributed by atoms with van der Waals surface area (Å²) in [5.74, 6) is 0. The van der Waals surface area contributed by atoms with E-state index < -0.39 is 19.9 Å². The molecule has 0 aliphatic carbocycles. The Morgan fingerprint density at radius 1 is 1.12 bits per heavy atom. The number of urea groups is 2. The maximum absolute atomic E-state index is 9.86. The topological polar surface area (TPSA) is 205 Å². The molecule has 0 aliphatic heterocycles. The summed E-state index contributed by atoms with van der Waals surface area (Å²) in [5.41, 5.74) is 17.0. The predicted octanol–water partition coefficient (Wildman–Crippen LogP) is -1.45. The van der Waals surface area contributed by atoms with Crippen molar-refractivity contribution in [2.24, 2.45) is 22.9 Å². The van der Waals surface area contributed by atoms with Gasteiger partial charge >= 0.3 is 19.9 Å². The molecule has 0 aromatic carbocycles. The van der Waals surface area contributed by atoms with Gasteiger partial charge in [0.2, 0.25) is 0 Å². The fraction of sp³-hybridized carbons (Fsp3) is 0.600. The molecule has 0 aromatic rings. The van der Waals surface area contributed by atoms with Gasteiger partial charge in [0.25, 0.3) is 0 Å². The number of phosphoric ester groups is 1. The van der Waals surface area contributed by atoms with Gasteiger partial charge in [0, 0.05) is 0 Å². The molecule has 0 atom stereocenters. The summed E-state index contributed by atoms with van der Waals surface area (Å²) < 4.78 is 13.9. The van der Waals surface area contributed by atoms with Gasteiger partial charge in [0.1, 0.15) is 0 Å². The van der Waals surface area contributed by atoms with E-state index in [4.69, 9.17) is 19.4 Å². The zero-order valence-electron chi connectivity index (χ0n) is 8.70. The van der Waals surface area contributed by atoms with E-state index in [1.54, 1.807) is 6.92 Å². The van der Waals surface area contributed by atoms with Gasteiger partial charge in [-0.05, 0) is 6.42 Å². The lowest BCUT2D eigenvalue weighted by Gasteiger charge is -2.00. The van der Waals surface area contributed by atoms with E-state index in [1.807, 2.05) is 0 Å². The minimum absolute atomic E-state index is 0.115. The van der Waals surface area contributed by atoms with Crippen LogP contribution in [-0.2, 0) is 9.09 Å². The van der Waals surface area contributed by atoms with E-state index in [9.17, 15) is 4.57 Å². The molecule has 11 heteroatoms. The predicted molar refractivity (Wildman–Crippen MR) is 55.8 cm³/mol. The SMILES string of the molecule is CCCOP(=O)(O)O.NC(N)=O.NC(N)=O. The molecule has 4 amide bonds. The van der Waals surface area contributed by atoms with Gasteiger partial charge in [-0.15, -0.1) is 0 Å². The van der Waals surface area contributed by atoms with Crippen LogP contribution in [0.5, 0.6) is 0 Å². The van der Waals surface area contributed by atoms with Gasteiger partial charge in [0.05, 0.1) is 6.61 Å². The number of phosphoric acid groups is 1. The van der Waals surface area contributed by atoms with Crippen molar-refractivity contribution in [3.8, 4) is 0 Å². The van der Waals surface area contributed by atoms with Crippen molar-refractivity contribution in [3.63, 3.8) is 0 Å². The van der Waals surface area contributed by atoms with Crippen LogP contribution in [-0.4, -0.2) is 28.5 Å². The molecule has 0 rings (SSSR count). The Hall–Kier alpha value is -1.35. The summed E-state index contributed by atoms with van der Waals surface area (Å²) >= 11 is 0. The molecular formula is C5H17N4O6P. The third-order valence-corrected chi connectivity index (χ3v) is 0.983. The number of nitrogens with two attached hydrogens (primary N) is 4. The summed E-state index contributed by atoms with van der Waals surface area (Å²) in [6, 6.07) is -1.67. The van der Waals surface area contributed by atoms with Gasteiger partial charge in [-0.2, -0.15) is 0 Å². The zero-order chi connectivity index (χ0) is 13.8. The van der Waals surface area contributed by atoms with Crippen LogP contribution in [0.15, 0.2) is 0 Å². The maximum Gasteiger partial charge on any atom is 0.469 e. The summed E-state index contributed by atoms with van der Waals surface area (Å²) in [4.78, 5) is 34.1. The molecule has 16 heavy (non-hydrogen) atoms. The molecule has 98 valence electrons. The Kier molecular flexibility index (Phi) is 14.7. The maximum atomic E-state index is 9.86. The molecule has 0 saturated carbocycles. The Bertz CT molecular complexity index is 221. The third-order valence-electron chi connectivity index (χ3n) is 0.464. The summed E-state index contributed by atoms with van der Waals surface area (Å²) in [6.45, 7) is 1.89. The minimum Gasteiger partial charge on any atom is -0.352 e. The number of amides is 4. The number of rotatable bonds is 3. The molecular weight excluding hydrogens is 243 g/mol. The molecule has 0 unspecified atom stereocenters. The van der Waals surface area contributed by atoms with Crippen LogP contribution in [0, 0.1) is 0 Å². The van der Waals surface area contributed by atoms with Crippen molar-refractivity contribution in [1.29, 1.82) is 0 Å². The first-order valence-electron chi connectivity index (χ1n) is 3.82. The largest absolute Gasteiger partial charge is 0.469 e. The van der Waals surface area contributed by atoms with E-state index in [1.165, 1.54) is 0 Å². The zero-order valence-corrected chi connectivity index (χ0v) is 9.59. The molecule has 0 aromatic heterocycles. The van der Waals surface area contributed by atoms with E-state index >= 15 is 0 Å². The lowest BCUT2D eigenvalue weighted by Crippen LogP contribution is -2.18. The van der Waals surface area contributed by atoms with Crippen LogP contribution >= 0.6 is 7.82 Å². The number of primary amides is 4. The highest BCUT2D eigenvalue weighted by molar-refractivity contribution is 7.46. The second-order valence-electron chi connectivity index (χ2n) is 2.13. The van der Waals surface area contributed by atoms with Crippen LogP contribution in [0.4, 0.5) is 9.59 Å². The number of carbonyl (C=O) groups is 2. The summed E-state index contributed by atoms with van der Waals surface area (Å²) in [6.07, 6.45) is 0.616. The number of hydrogen-bond acceptors (Lipinski definition) is 4. The Labute approximate surface area is 92.1 Å². The molecule has 0 radical (unpaired) electrons. The number of carbonyl (C=O) groups excluding carboxylic acids is 2. The fourth-order valence-corrected chi connectivity index (χ4v) is 0.631. The van der Waals surface area contributed by atoms with Crippen molar-refractivity contribution in [3.05, 3.63) is 0 Å². The van der Waals surface area contributed by atoms with Gasteiger partial charge in [-0.3, -0.25) is 4.52 Å². The summed E-state index contributed by atoms with van der Waals surface area (Å²) in [7, 11) is -4.18. The van der Waals surface area contributed by atoms with Crippen LogP contribution in [0.1, 0.15) is 13.3 Å². The fourth-order valence-electron chi connectivity index (χ4n) is 0.210. The van der Waals surface area contributed by atoms with Crippen molar-refractivity contribution < 1.29 is 28.5 Å². The van der Waals surface area contributed by atoms with E-state index in [0.29, 0.717) is 6.42 Å². The summed E-state index contributed by atoms with van der Waals surface area (Å²) in [5, 5.41) is 0. The second kappa shape index (κ2) is 11.7. The van der Waals surface area contributed by atoms with E-state index in [0.717, 1.165) is 0 Å². The second-order valence-corrected chi connectivity index (χ2v) is 3.37. The first kappa shape index (κ1) is 20.1. The normalized spacial score (nSPS) is 8.94. The standard InChI is InChI=1S/C3H9O4P.2CH4N2O/c1-2-3-7-8(4,5)6;2*2-1(3)4/h2-3H2,1H3,(H2,4,5,6);2*(H4,2,3,4). The molecule has 0 saturated heterocycles. The Balaban J connectivity index is -0.000000179. The average molecular weight is 260 g/mol. The van der Waals surface area contributed by atoms with E-state index in [-0.39, 0.29) is 6.61 Å². The number of hydrogen-bond donors (Lipinski definition) is 6. The van der Waals surface area contributed by atoms with Crippen LogP contribution in [0.2, 0.25) is 0 Å². The van der Waals surface area contributed by atoms with Gasteiger partial charge < -0.3 is 32.7 Å². The van der Waals surface area contributed by atoms with Gasteiger partial charge in [-0.25, -0.2) is 14.2 Å². The van der Waals surface area contributed by atoms with Crippen molar-refractivity contribution in [2.45, 2.75) is 13.3 Å². The molecule has 0 heterocycles. The lowest BCUT2D eigenvalue weighted by molar-refractivity contribution is 0.197. The molecule has 0 aliphatic rings. The van der Waals surface area contributed by atoms with Crippen molar-refractivity contribution >= 4 is 19.9 Å². The molecule has 10 nitrogen and oxygen atoms in total. The Morgan fingerprint density at radius 2 is 1.38 bits per heavy atom. The monoisotopic (exact) mass is 260 g/mol. The highest BCUT2D eigenvalue weighted by Gasteiger charge is 2.11. The highest BCUT2D eigenvalue weighted by atomic mass is 31.2. The highest BCUT2D eigenvalue weighted by Crippen LogP contribution is 2.35. The van der Waals surface area contributed by atoms with Crippen molar-refractivity contribution in [1.82, 2.24) is 0 Å². The van der Waals surface area contributed by atoms with E-state index in [2.05, 4.69) is 27.5 Å². The first-order chi connectivity index (χ1) is 7.02. The molecule has 0 spiro atoms. The van der Waals surface area contributed by atoms with Crippen LogP contribution in [0.25, 0.3) is 0 Å². The first-order valence-corrected chi connectivity index (χ1v) is 5.35. The lowest BCUT2D eigenvalue weighted by atomic mass is 10.5. The van der Waals surface area contributed by atoms with Crippen molar-refractivity contribution in [2.75, 3.05) is 6.61 Å². The quantitative estimate of drug-likeness (QED) is 0.334. The van der Waals surface area contributed by atoms with Crippen LogP contribution < -0.4 is 22.9 Å².